The lowest BCUT2D eigenvalue weighted by Gasteiger charge is -2.13. The molecule has 0 amide bonds. The van der Waals surface area contributed by atoms with Gasteiger partial charge in [-0.1, -0.05) is 15.9 Å². The largest absolute Gasteiger partial charge is 0.493 e. The number of methoxy groups -OCH3 is 1. The number of benzene rings is 1. The quantitative estimate of drug-likeness (QED) is 0.743. The van der Waals surface area contributed by atoms with Gasteiger partial charge in [0.05, 0.1) is 13.7 Å². The Labute approximate surface area is 123 Å². The summed E-state index contributed by atoms with van der Waals surface area (Å²) < 4.78 is 12.4. The predicted octanol–water partition coefficient (Wildman–Crippen LogP) is 3.53. The molecule has 1 aliphatic carbocycles. The van der Waals surface area contributed by atoms with Crippen LogP contribution in [0.1, 0.15) is 31.2 Å². The Hall–Kier alpha value is -0.740. The Bertz CT molecular complexity index is 419. The van der Waals surface area contributed by atoms with Crippen LogP contribution in [0.4, 0.5) is 0 Å². The van der Waals surface area contributed by atoms with Crippen LogP contribution in [0.2, 0.25) is 0 Å². The highest BCUT2D eigenvalue weighted by Gasteiger charge is 2.22. The Morgan fingerprint density at radius 3 is 2.68 bits per heavy atom. The van der Waals surface area contributed by atoms with Crippen molar-refractivity contribution in [1.29, 1.82) is 0 Å². The van der Waals surface area contributed by atoms with Gasteiger partial charge < -0.3 is 15.2 Å². The Balaban J connectivity index is 2.04. The molecular weight excluding hydrogens is 306 g/mol. The van der Waals surface area contributed by atoms with Crippen LogP contribution in [0.15, 0.2) is 16.6 Å². The molecule has 0 spiro atoms. The second-order valence-electron chi connectivity index (χ2n) is 5.09. The summed E-state index contributed by atoms with van der Waals surface area (Å²) in [7, 11) is 1.69. The van der Waals surface area contributed by atoms with Crippen molar-refractivity contribution in [2.24, 2.45) is 11.7 Å². The van der Waals surface area contributed by atoms with Crippen molar-refractivity contribution in [3.63, 3.8) is 0 Å². The van der Waals surface area contributed by atoms with Crippen molar-refractivity contribution in [2.75, 3.05) is 20.3 Å². The van der Waals surface area contributed by atoms with Crippen molar-refractivity contribution < 1.29 is 9.47 Å². The molecule has 2 N–H and O–H groups in total. The Kier molecular flexibility index (Phi) is 5.52. The molecule has 0 heterocycles. The van der Waals surface area contributed by atoms with Gasteiger partial charge in [-0.05, 0) is 62.3 Å². The molecule has 4 heteroatoms. The molecule has 106 valence electrons. The van der Waals surface area contributed by atoms with Gasteiger partial charge in [0, 0.05) is 4.47 Å². The molecule has 1 aliphatic rings. The fourth-order valence-corrected chi connectivity index (χ4v) is 2.51. The van der Waals surface area contributed by atoms with Crippen molar-refractivity contribution in [3.8, 4) is 11.5 Å². The van der Waals surface area contributed by atoms with E-state index in [1.807, 2.05) is 6.07 Å². The monoisotopic (exact) mass is 327 g/mol. The fourth-order valence-electron chi connectivity index (χ4n) is 1.99. The number of hydrogen-bond donors (Lipinski definition) is 1. The highest BCUT2D eigenvalue weighted by molar-refractivity contribution is 9.10. The zero-order valence-electron chi connectivity index (χ0n) is 11.5. The molecule has 0 saturated heterocycles. The van der Waals surface area contributed by atoms with Crippen molar-refractivity contribution in [2.45, 2.75) is 32.1 Å². The van der Waals surface area contributed by atoms with Gasteiger partial charge in [0.25, 0.3) is 0 Å². The van der Waals surface area contributed by atoms with Gasteiger partial charge in [-0.3, -0.25) is 0 Å². The van der Waals surface area contributed by atoms with Gasteiger partial charge in [0.1, 0.15) is 0 Å². The third kappa shape index (κ3) is 4.39. The normalized spacial score (nSPS) is 14.5. The van der Waals surface area contributed by atoms with Crippen LogP contribution in [0.5, 0.6) is 11.5 Å². The highest BCUT2D eigenvalue weighted by Crippen LogP contribution is 2.36. The number of aryl methyl sites for hydroxylation is 1. The number of unbranched alkanes of at least 4 members (excludes halogenated alkanes) is 1. The Morgan fingerprint density at radius 1 is 1.26 bits per heavy atom. The Morgan fingerprint density at radius 2 is 2.05 bits per heavy atom. The van der Waals surface area contributed by atoms with E-state index in [0.717, 1.165) is 54.3 Å². The summed E-state index contributed by atoms with van der Waals surface area (Å²) in [4.78, 5) is 0. The standard InChI is InChI=1S/C15H22BrNO2/c1-18-14-8-12(4-2-3-7-17)13(16)9-15(14)19-10-11-5-6-11/h8-9,11H,2-7,10,17H2,1H3. The highest BCUT2D eigenvalue weighted by atomic mass is 79.9. The lowest BCUT2D eigenvalue weighted by Crippen LogP contribution is -2.02. The third-order valence-corrected chi connectivity index (χ3v) is 4.14. The first-order valence-corrected chi connectivity index (χ1v) is 7.73. The van der Waals surface area contributed by atoms with E-state index in [4.69, 9.17) is 15.2 Å². The summed E-state index contributed by atoms with van der Waals surface area (Å²) in [5.74, 6) is 2.41. The zero-order chi connectivity index (χ0) is 13.7. The third-order valence-electron chi connectivity index (χ3n) is 3.40. The maximum atomic E-state index is 5.84. The second kappa shape index (κ2) is 7.15. The van der Waals surface area contributed by atoms with Gasteiger partial charge in [-0.25, -0.2) is 0 Å². The van der Waals surface area contributed by atoms with Crippen LogP contribution >= 0.6 is 15.9 Å². The van der Waals surface area contributed by atoms with E-state index in [0.29, 0.717) is 0 Å². The van der Waals surface area contributed by atoms with E-state index in [-0.39, 0.29) is 0 Å². The summed E-state index contributed by atoms with van der Waals surface area (Å²) in [6.07, 6.45) is 5.74. The number of ether oxygens (including phenoxy) is 2. The molecule has 2 rings (SSSR count). The van der Waals surface area contributed by atoms with Gasteiger partial charge in [-0.2, -0.15) is 0 Å². The average molecular weight is 328 g/mol. The van der Waals surface area contributed by atoms with E-state index in [1.54, 1.807) is 7.11 Å². The lowest BCUT2D eigenvalue weighted by atomic mass is 10.1. The second-order valence-corrected chi connectivity index (χ2v) is 5.95. The summed E-state index contributed by atoms with van der Waals surface area (Å²) >= 11 is 3.62. The molecule has 0 bridgehead atoms. The minimum absolute atomic E-state index is 0.743. The summed E-state index contributed by atoms with van der Waals surface area (Å²) in [5.41, 5.74) is 6.78. The molecule has 0 atom stereocenters. The number of rotatable bonds is 8. The maximum absolute atomic E-state index is 5.84. The van der Waals surface area contributed by atoms with Crippen LogP contribution in [-0.4, -0.2) is 20.3 Å². The molecule has 1 fully saturated rings. The first-order valence-electron chi connectivity index (χ1n) is 6.94. The molecule has 0 aliphatic heterocycles. The van der Waals surface area contributed by atoms with Crippen molar-refractivity contribution in [3.05, 3.63) is 22.2 Å². The molecule has 0 unspecified atom stereocenters. The summed E-state index contributed by atoms with van der Waals surface area (Å²) in [6, 6.07) is 4.10. The van der Waals surface area contributed by atoms with Crippen LogP contribution in [0.3, 0.4) is 0 Å². The minimum atomic E-state index is 0.743. The van der Waals surface area contributed by atoms with Crippen LogP contribution < -0.4 is 15.2 Å². The number of hydrogen-bond acceptors (Lipinski definition) is 3. The first kappa shape index (κ1) is 14.7. The molecule has 19 heavy (non-hydrogen) atoms. The SMILES string of the molecule is COc1cc(CCCCN)c(Br)cc1OCC1CC1. The summed E-state index contributed by atoms with van der Waals surface area (Å²) in [5, 5.41) is 0. The smallest absolute Gasteiger partial charge is 0.162 e. The number of nitrogens with two attached hydrogens (primary N) is 1. The van der Waals surface area contributed by atoms with Gasteiger partial charge in [0.2, 0.25) is 0 Å². The minimum Gasteiger partial charge on any atom is -0.493 e. The first-order chi connectivity index (χ1) is 9.24. The van der Waals surface area contributed by atoms with E-state index < -0.39 is 0 Å². The molecule has 0 radical (unpaired) electrons. The van der Waals surface area contributed by atoms with Crippen molar-refractivity contribution >= 4 is 15.9 Å². The van der Waals surface area contributed by atoms with E-state index in [1.165, 1.54) is 18.4 Å². The number of halogens is 1. The van der Waals surface area contributed by atoms with Crippen LogP contribution in [-0.2, 0) is 6.42 Å². The molecule has 1 saturated carbocycles. The summed E-state index contributed by atoms with van der Waals surface area (Å²) in [6.45, 7) is 1.55. The molecule has 1 aromatic carbocycles. The van der Waals surface area contributed by atoms with Crippen LogP contribution in [0.25, 0.3) is 0 Å². The zero-order valence-corrected chi connectivity index (χ0v) is 13.0. The molecule has 1 aromatic rings. The van der Waals surface area contributed by atoms with E-state index in [2.05, 4.69) is 22.0 Å². The molecule has 3 nitrogen and oxygen atoms in total. The predicted molar refractivity (Wildman–Crippen MR) is 80.9 cm³/mol. The van der Waals surface area contributed by atoms with Gasteiger partial charge in [0.15, 0.2) is 11.5 Å². The molecule has 0 aromatic heterocycles. The van der Waals surface area contributed by atoms with Gasteiger partial charge in [-0.15, -0.1) is 0 Å². The van der Waals surface area contributed by atoms with Crippen LogP contribution in [0, 0.1) is 5.92 Å². The topological polar surface area (TPSA) is 44.5 Å². The lowest BCUT2D eigenvalue weighted by molar-refractivity contribution is 0.280. The fraction of sp³-hybridized carbons (Fsp3) is 0.600. The van der Waals surface area contributed by atoms with E-state index >= 15 is 0 Å². The van der Waals surface area contributed by atoms with Gasteiger partial charge >= 0.3 is 0 Å². The average Bonchev–Trinajstić information content (AvgIpc) is 3.22. The maximum Gasteiger partial charge on any atom is 0.162 e. The molecular formula is C15H22BrNO2. The van der Waals surface area contributed by atoms with Crippen molar-refractivity contribution in [1.82, 2.24) is 0 Å². The van der Waals surface area contributed by atoms with E-state index in [9.17, 15) is 0 Å².